The van der Waals surface area contributed by atoms with Crippen LogP contribution in [0.5, 0.6) is 0 Å². The van der Waals surface area contributed by atoms with Gasteiger partial charge in [-0.25, -0.2) is 0 Å². The first-order valence-electron chi connectivity index (χ1n) is 8.23. The first-order chi connectivity index (χ1) is 9.57. The van der Waals surface area contributed by atoms with Gasteiger partial charge in [-0.15, -0.1) is 0 Å². The number of carboxylic acid groups (broad SMARTS) is 1. The quantitative estimate of drug-likeness (QED) is 0.860. The Morgan fingerprint density at radius 3 is 2.50 bits per heavy atom. The number of rotatable bonds is 4. The Morgan fingerprint density at radius 1 is 1.20 bits per heavy atom. The topological polar surface area (TPSA) is 43.8 Å². The third-order valence-corrected chi connectivity index (χ3v) is 5.37. The van der Waals surface area contributed by atoms with Crippen LogP contribution in [0.25, 0.3) is 0 Å². The maximum absolute atomic E-state index is 11.6. The van der Waals surface area contributed by atoms with Gasteiger partial charge in [-0.2, -0.15) is 0 Å². The van der Waals surface area contributed by atoms with E-state index in [0.29, 0.717) is 6.04 Å². The molecule has 0 bridgehead atoms. The first-order valence-corrected chi connectivity index (χ1v) is 8.23. The van der Waals surface area contributed by atoms with E-state index in [4.69, 9.17) is 0 Å². The molecule has 0 aromatic rings. The summed E-state index contributed by atoms with van der Waals surface area (Å²) < 4.78 is 0. The molecular formula is C16H30N2O2. The van der Waals surface area contributed by atoms with Crippen LogP contribution in [0.2, 0.25) is 0 Å². The van der Waals surface area contributed by atoms with Crippen molar-refractivity contribution in [2.24, 2.45) is 5.41 Å². The highest BCUT2D eigenvalue weighted by Crippen LogP contribution is 2.37. The number of likely N-dealkylation sites (tertiary alicyclic amines) is 2. The van der Waals surface area contributed by atoms with Gasteiger partial charge < -0.3 is 14.9 Å². The van der Waals surface area contributed by atoms with Gasteiger partial charge in [0.05, 0.1) is 5.41 Å². The van der Waals surface area contributed by atoms with Gasteiger partial charge >= 0.3 is 5.97 Å². The number of carbonyl (C=O) groups is 1. The molecule has 0 radical (unpaired) electrons. The smallest absolute Gasteiger partial charge is 0.309 e. The molecule has 0 saturated carbocycles. The molecule has 2 aliphatic heterocycles. The molecule has 0 amide bonds. The molecule has 2 heterocycles. The lowest BCUT2D eigenvalue weighted by molar-refractivity contribution is -0.153. The lowest BCUT2D eigenvalue weighted by Crippen LogP contribution is -2.48. The molecule has 1 unspecified atom stereocenters. The van der Waals surface area contributed by atoms with Crippen molar-refractivity contribution in [2.45, 2.75) is 57.9 Å². The van der Waals surface area contributed by atoms with Crippen molar-refractivity contribution < 1.29 is 9.90 Å². The van der Waals surface area contributed by atoms with E-state index in [2.05, 4.69) is 23.8 Å². The number of piperidine rings is 1. The molecule has 116 valence electrons. The Balaban J connectivity index is 1.91. The monoisotopic (exact) mass is 282 g/mol. The minimum absolute atomic E-state index is 0.438. The van der Waals surface area contributed by atoms with Gasteiger partial charge in [0.15, 0.2) is 0 Å². The van der Waals surface area contributed by atoms with Gasteiger partial charge in [0, 0.05) is 6.04 Å². The highest BCUT2D eigenvalue weighted by molar-refractivity contribution is 5.74. The SMILES string of the molecule is CCCC1(C(=O)O)CCN(C2CCCN(C)CC2)CC1. The van der Waals surface area contributed by atoms with Crippen molar-refractivity contribution in [1.82, 2.24) is 9.80 Å². The zero-order chi connectivity index (χ0) is 14.6. The van der Waals surface area contributed by atoms with Gasteiger partial charge in [-0.05, 0) is 71.8 Å². The Morgan fingerprint density at radius 2 is 1.90 bits per heavy atom. The predicted molar refractivity (Wildman–Crippen MR) is 80.9 cm³/mol. The lowest BCUT2D eigenvalue weighted by Gasteiger charge is -2.42. The number of hydrogen-bond donors (Lipinski definition) is 1. The van der Waals surface area contributed by atoms with Crippen LogP contribution in [-0.2, 0) is 4.79 Å². The summed E-state index contributed by atoms with van der Waals surface area (Å²) >= 11 is 0. The zero-order valence-corrected chi connectivity index (χ0v) is 13.1. The van der Waals surface area contributed by atoms with E-state index in [9.17, 15) is 9.90 Å². The average molecular weight is 282 g/mol. The molecule has 20 heavy (non-hydrogen) atoms. The average Bonchev–Trinajstić information content (AvgIpc) is 2.65. The molecule has 2 saturated heterocycles. The number of carboxylic acids is 1. The van der Waals surface area contributed by atoms with E-state index in [0.717, 1.165) is 38.8 Å². The summed E-state index contributed by atoms with van der Waals surface area (Å²) in [4.78, 5) is 16.6. The largest absolute Gasteiger partial charge is 0.481 e. The minimum Gasteiger partial charge on any atom is -0.481 e. The fourth-order valence-corrected chi connectivity index (χ4v) is 3.95. The summed E-state index contributed by atoms with van der Waals surface area (Å²) in [6.07, 6.45) is 7.27. The van der Waals surface area contributed by atoms with Crippen LogP contribution in [-0.4, -0.2) is 60.1 Å². The Bertz CT molecular complexity index is 324. The fraction of sp³-hybridized carbons (Fsp3) is 0.938. The molecule has 0 aromatic carbocycles. The lowest BCUT2D eigenvalue weighted by atomic mass is 9.74. The summed E-state index contributed by atoms with van der Waals surface area (Å²) in [6, 6.07) is 0.674. The van der Waals surface area contributed by atoms with Gasteiger partial charge in [0.2, 0.25) is 0 Å². The molecule has 0 aliphatic carbocycles. The number of hydrogen-bond acceptors (Lipinski definition) is 3. The summed E-state index contributed by atoms with van der Waals surface area (Å²) in [5.74, 6) is -0.570. The van der Waals surface area contributed by atoms with Crippen LogP contribution in [0, 0.1) is 5.41 Å². The standard InChI is InChI=1S/C16H30N2O2/c1-3-7-16(15(19)20)8-12-18(13-9-16)14-5-4-10-17(2)11-6-14/h14H,3-13H2,1-2H3,(H,19,20). The maximum Gasteiger partial charge on any atom is 0.309 e. The summed E-state index contributed by atoms with van der Waals surface area (Å²) in [6.45, 7) is 6.43. The molecular weight excluding hydrogens is 252 g/mol. The van der Waals surface area contributed by atoms with Crippen LogP contribution >= 0.6 is 0 Å². The molecule has 1 atom stereocenters. The summed E-state index contributed by atoms with van der Waals surface area (Å²) in [5, 5.41) is 9.57. The second-order valence-electron chi connectivity index (χ2n) is 6.76. The van der Waals surface area contributed by atoms with Crippen molar-refractivity contribution in [1.29, 1.82) is 0 Å². The Kier molecular flexibility index (Phi) is 5.44. The Labute approximate surface area is 123 Å². The van der Waals surface area contributed by atoms with Crippen molar-refractivity contribution in [2.75, 3.05) is 33.2 Å². The normalized spacial score (nSPS) is 29.0. The highest BCUT2D eigenvalue weighted by atomic mass is 16.4. The second-order valence-corrected chi connectivity index (χ2v) is 6.76. The van der Waals surface area contributed by atoms with Crippen molar-refractivity contribution in [3.05, 3.63) is 0 Å². The van der Waals surface area contributed by atoms with Crippen molar-refractivity contribution in [3.63, 3.8) is 0 Å². The third kappa shape index (κ3) is 3.53. The Hall–Kier alpha value is -0.610. The fourth-order valence-electron chi connectivity index (χ4n) is 3.95. The molecule has 2 fully saturated rings. The van der Waals surface area contributed by atoms with Crippen LogP contribution in [0.4, 0.5) is 0 Å². The van der Waals surface area contributed by atoms with Gasteiger partial charge in [0.1, 0.15) is 0 Å². The molecule has 2 aliphatic rings. The molecule has 4 heteroatoms. The first kappa shape index (κ1) is 15.8. The molecule has 4 nitrogen and oxygen atoms in total. The van der Waals surface area contributed by atoms with E-state index < -0.39 is 11.4 Å². The number of nitrogens with zero attached hydrogens (tertiary/aromatic N) is 2. The highest BCUT2D eigenvalue weighted by Gasteiger charge is 2.41. The van der Waals surface area contributed by atoms with Crippen LogP contribution in [0.15, 0.2) is 0 Å². The van der Waals surface area contributed by atoms with E-state index in [1.165, 1.54) is 32.4 Å². The zero-order valence-electron chi connectivity index (χ0n) is 13.1. The predicted octanol–water partition coefficient (Wildman–Crippen LogP) is 2.44. The van der Waals surface area contributed by atoms with E-state index in [1.807, 2.05) is 0 Å². The van der Waals surface area contributed by atoms with Gasteiger partial charge in [-0.3, -0.25) is 4.79 Å². The molecule has 0 spiro atoms. The van der Waals surface area contributed by atoms with Crippen LogP contribution < -0.4 is 0 Å². The summed E-state index contributed by atoms with van der Waals surface area (Å²) in [7, 11) is 2.20. The van der Waals surface area contributed by atoms with Gasteiger partial charge in [-0.1, -0.05) is 13.3 Å². The van der Waals surface area contributed by atoms with E-state index in [1.54, 1.807) is 0 Å². The third-order valence-electron chi connectivity index (χ3n) is 5.37. The van der Waals surface area contributed by atoms with Crippen molar-refractivity contribution >= 4 is 5.97 Å². The second kappa shape index (κ2) is 6.90. The van der Waals surface area contributed by atoms with E-state index in [-0.39, 0.29) is 0 Å². The van der Waals surface area contributed by atoms with Crippen molar-refractivity contribution in [3.8, 4) is 0 Å². The van der Waals surface area contributed by atoms with Crippen LogP contribution in [0.3, 0.4) is 0 Å². The summed E-state index contributed by atoms with van der Waals surface area (Å²) in [5.41, 5.74) is -0.438. The molecule has 0 aromatic heterocycles. The van der Waals surface area contributed by atoms with Crippen LogP contribution in [0.1, 0.15) is 51.9 Å². The minimum atomic E-state index is -0.570. The number of aliphatic carboxylic acids is 1. The maximum atomic E-state index is 11.6. The molecule has 2 rings (SSSR count). The van der Waals surface area contributed by atoms with E-state index >= 15 is 0 Å². The van der Waals surface area contributed by atoms with Gasteiger partial charge in [0.25, 0.3) is 0 Å². The molecule has 1 N–H and O–H groups in total.